The van der Waals surface area contributed by atoms with E-state index in [1.807, 2.05) is 0 Å². The molecule has 2 aliphatic rings. The maximum Gasteiger partial charge on any atom is 0.338 e. The van der Waals surface area contributed by atoms with E-state index >= 15 is 0 Å². The summed E-state index contributed by atoms with van der Waals surface area (Å²) in [5.41, 5.74) is 0.825. The van der Waals surface area contributed by atoms with Gasteiger partial charge in [0.1, 0.15) is 6.61 Å². The molecular weight excluding hydrogens is 382 g/mol. The molecule has 0 fully saturated rings. The lowest BCUT2D eigenvalue weighted by Crippen LogP contribution is -2.40. The Morgan fingerprint density at radius 1 is 1.17 bits per heavy atom. The number of rotatable bonds is 1. The van der Waals surface area contributed by atoms with Crippen LogP contribution in [0.25, 0.3) is 22.3 Å². The minimum Gasteiger partial charge on any atom is -0.458 e. The summed E-state index contributed by atoms with van der Waals surface area (Å²) < 4.78 is 33.9. The highest BCUT2D eigenvalue weighted by molar-refractivity contribution is 5.84. The molecule has 0 aliphatic carbocycles. The Kier molecular flexibility index (Phi) is 3.67. The molecule has 0 amide bonds. The molecule has 8 heteroatoms. The van der Waals surface area contributed by atoms with Gasteiger partial charge in [-0.1, -0.05) is 6.92 Å². The standard InChI is InChI=1S/C21H16F2N2O4/c1-2-21(28)7-11-5-17-18-12(3-10-4-14(22)15(23)6-16(10)24-18)8-25(17)19(26)13(11)9-29-20(21)27/h3-6,28H,2,7-9H2,1H3/t21-/m0/s1. The van der Waals surface area contributed by atoms with E-state index in [1.54, 1.807) is 19.1 Å². The van der Waals surface area contributed by atoms with Crippen molar-refractivity contribution in [2.75, 3.05) is 0 Å². The Balaban J connectivity index is 1.72. The summed E-state index contributed by atoms with van der Waals surface area (Å²) in [6.07, 6.45) is 0.109. The van der Waals surface area contributed by atoms with Crippen LogP contribution in [0, 0.1) is 11.6 Å². The second-order valence-electron chi connectivity index (χ2n) is 7.52. The average molecular weight is 398 g/mol. The largest absolute Gasteiger partial charge is 0.458 e. The van der Waals surface area contributed by atoms with Gasteiger partial charge in [0.2, 0.25) is 0 Å². The molecule has 0 bridgehead atoms. The normalized spacial score (nSPS) is 20.1. The van der Waals surface area contributed by atoms with Crippen LogP contribution in [0.5, 0.6) is 0 Å². The number of pyridine rings is 2. The van der Waals surface area contributed by atoms with Crippen molar-refractivity contribution >= 4 is 16.9 Å². The van der Waals surface area contributed by atoms with Crippen molar-refractivity contribution in [2.45, 2.75) is 38.5 Å². The number of aromatic nitrogens is 2. The molecule has 0 saturated heterocycles. The van der Waals surface area contributed by atoms with Crippen LogP contribution in [0.4, 0.5) is 8.78 Å². The fourth-order valence-electron chi connectivity index (χ4n) is 4.06. The number of carbonyl (C=O) groups is 1. The van der Waals surface area contributed by atoms with Gasteiger partial charge in [0.05, 0.1) is 29.0 Å². The first-order valence-electron chi connectivity index (χ1n) is 9.25. The number of hydrogen-bond donors (Lipinski definition) is 1. The third-order valence-electron chi connectivity index (χ3n) is 5.79. The molecule has 1 aromatic carbocycles. The molecule has 148 valence electrons. The molecule has 29 heavy (non-hydrogen) atoms. The fraction of sp³-hybridized carbons (Fsp3) is 0.286. The smallest absolute Gasteiger partial charge is 0.338 e. The van der Waals surface area contributed by atoms with Crippen molar-refractivity contribution in [1.29, 1.82) is 0 Å². The summed E-state index contributed by atoms with van der Waals surface area (Å²) in [4.78, 5) is 29.7. The molecule has 0 saturated carbocycles. The Morgan fingerprint density at radius 2 is 1.93 bits per heavy atom. The average Bonchev–Trinajstić information content (AvgIpc) is 2.97. The van der Waals surface area contributed by atoms with Crippen LogP contribution in [0.15, 0.2) is 29.1 Å². The predicted octanol–water partition coefficient (Wildman–Crippen LogP) is 2.44. The lowest BCUT2D eigenvalue weighted by atomic mass is 9.91. The number of hydrogen-bond acceptors (Lipinski definition) is 5. The first-order chi connectivity index (χ1) is 13.8. The zero-order chi connectivity index (χ0) is 20.5. The van der Waals surface area contributed by atoms with Crippen LogP contribution in [-0.2, 0) is 29.1 Å². The number of aliphatic hydroxyl groups is 1. The Morgan fingerprint density at radius 3 is 2.69 bits per heavy atom. The van der Waals surface area contributed by atoms with E-state index in [1.165, 1.54) is 4.57 Å². The second-order valence-corrected chi connectivity index (χ2v) is 7.52. The molecule has 2 aliphatic heterocycles. The number of halogens is 2. The van der Waals surface area contributed by atoms with Crippen molar-refractivity contribution in [3.05, 3.63) is 62.9 Å². The summed E-state index contributed by atoms with van der Waals surface area (Å²) in [5.74, 6) is -2.70. The Labute approximate surface area is 163 Å². The van der Waals surface area contributed by atoms with E-state index in [-0.39, 0.29) is 37.1 Å². The molecule has 0 radical (unpaired) electrons. The number of benzene rings is 1. The number of fused-ring (bicyclic) bond motifs is 5. The van der Waals surface area contributed by atoms with Gasteiger partial charge in [-0.15, -0.1) is 0 Å². The number of cyclic esters (lactones) is 1. The topological polar surface area (TPSA) is 81.4 Å². The van der Waals surface area contributed by atoms with Crippen molar-refractivity contribution in [3.63, 3.8) is 0 Å². The van der Waals surface area contributed by atoms with Crippen molar-refractivity contribution < 1.29 is 23.4 Å². The van der Waals surface area contributed by atoms with Crippen LogP contribution in [-0.4, -0.2) is 26.2 Å². The van der Waals surface area contributed by atoms with E-state index in [2.05, 4.69) is 4.98 Å². The van der Waals surface area contributed by atoms with Crippen LogP contribution < -0.4 is 5.56 Å². The fourth-order valence-corrected chi connectivity index (χ4v) is 4.06. The van der Waals surface area contributed by atoms with Gasteiger partial charge < -0.3 is 14.4 Å². The third kappa shape index (κ3) is 2.52. The minimum absolute atomic E-state index is 0.0382. The van der Waals surface area contributed by atoms with E-state index in [0.29, 0.717) is 33.5 Å². The molecule has 0 spiro atoms. The second kappa shape index (κ2) is 5.93. The third-order valence-corrected chi connectivity index (χ3v) is 5.79. The maximum atomic E-state index is 13.6. The van der Waals surface area contributed by atoms with E-state index in [0.717, 1.165) is 12.1 Å². The monoisotopic (exact) mass is 398 g/mol. The highest BCUT2D eigenvalue weighted by Gasteiger charge is 2.40. The molecule has 6 nitrogen and oxygen atoms in total. The Hall–Kier alpha value is -3.13. The zero-order valence-electron chi connectivity index (χ0n) is 15.5. The van der Waals surface area contributed by atoms with Crippen LogP contribution >= 0.6 is 0 Å². The summed E-state index contributed by atoms with van der Waals surface area (Å²) in [5, 5.41) is 11.1. The first kappa shape index (κ1) is 17.9. The number of carbonyl (C=O) groups excluding carboxylic acids is 1. The minimum atomic E-state index is -1.70. The lowest BCUT2D eigenvalue weighted by Gasteiger charge is -2.21. The van der Waals surface area contributed by atoms with Crippen LogP contribution in [0.1, 0.15) is 30.0 Å². The number of nitrogens with zero attached hydrogens (tertiary/aromatic N) is 2. The molecule has 0 unspecified atom stereocenters. The number of ether oxygens (including phenoxy) is 1. The highest BCUT2D eigenvalue weighted by atomic mass is 19.2. The van der Waals surface area contributed by atoms with E-state index in [9.17, 15) is 23.5 Å². The van der Waals surface area contributed by atoms with Gasteiger partial charge in [-0.05, 0) is 30.2 Å². The van der Waals surface area contributed by atoms with Gasteiger partial charge in [-0.3, -0.25) is 4.79 Å². The summed E-state index contributed by atoms with van der Waals surface area (Å²) in [6, 6.07) is 5.53. The van der Waals surface area contributed by atoms with Gasteiger partial charge in [0.15, 0.2) is 17.2 Å². The first-order valence-corrected chi connectivity index (χ1v) is 9.25. The molecule has 3 aromatic rings. The quantitative estimate of drug-likeness (QED) is 0.498. The van der Waals surface area contributed by atoms with Crippen LogP contribution in [0.2, 0.25) is 0 Å². The zero-order valence-corrected chi connectivity index (χ0v) is 15.5. The molecule has 5 rings (SSSR count). The summed E-state index contributed by atoms with van der Waals surface area (Å²) in [6.45, 7) is 1.69. The van der Waals surface area contributed by atoms with E-state index < -0.39 is 23.2 Å². The SMILES string of the molecule is CC[C@]1(O)Cc2cc3n(c(=O)c2COC1=O)Cc1cc2cc(F)c(F)cc2nc1-3. The molecule has 4 heterocycles. The van der Waals surface area contributed by atoms with Crippen molar-refractivity contribution in [2.24, 2.45) is 0 Å². The number of esters is 1. The summed E-state index contributed by atoms with van der Waals surface area (Å²) >= 11 is 0. The Bertz CT molecular complexity index is 1280. The van der Waals surface area contributed by atoms with Gasteiger partial charge in [-0.2, -0.15) is 0 Å². The van der Waals surface area contributed by atoms with Gasteiger partial charge in [-0.25, -0.2) is 18.6 Å². The maximum absolute atomic E-state index is 13.6. The highest BCUT2D eigenvalue weighted by Crippen LogP contribution is 2.35. The van der Waals surface area contributed by atoms with Crippen molar-refractivity contribution in [3.8, 4) is 11.4 Å². The van der Waals surface area contributed by atoms with Crippen molar-refractivity contribution in [1.82, 2.24) is 9.55 Å². The summed E-state index contributed by atoms with van der Waals surface area (Å²) in [7, 11) is 0. The predicted molar refractivity (Wildman–Crippen MR) is 99.2 cm³/mol. The van der Waals surface area contributed by atoms with Crippen LogP contribution in [0.3, 0.4) is 0 Å². The lowest BCUT2D eigenvalue weighted by molar-refractivity contribution is -0.166. The molecule has 1 N–H and O–H groups in total. The van der Waals surface area contributed by atoms with Gasteiger partial charge >= 0.3 is 5.97 Å². The molecular formula is C21H16F2N2O4. The van der Waals surface area contributed by atoms with Gasteiger partial charge in [0.25, 0.3) is 5.56 Å². The molecule has 2 aromatic heterocycles. The van der Waals surface area contributed by atoms with Gasteiger partial charge in [0, 0.05) is 23.4 Å². The van der Waals surface area contributed by atoms with E-state index in [4.69, 9.17) is 4.74 Å². The molecule has 1 atom stereocenters.